The van der Waals surface area contributed by atoms with Crippen LogP contribution >= 0.6 is 0 Å². The fraction of sp³-hybridized carbons (Fsp3) is 0. The van der Waals surface area contributed by atoms with Crippen molar-refractivity contribution in [3.05, 3.63) is 194 Å². The standard InChI is InChI=1S/C52H32N4/c1-3-17-33(18-4-1)50-40-26-11-14-28-45(40)53-52(54-50)56-46-29-15-12-23-37(46)44-31-42(36-22-8-10-25-39(36)51(44)56)43-32-48-49(38-24-9-7-21-35(38)43)41-27-13-16-30-47(41)55(48)34-19-5-2-6-20-34/h1-32H. The predicted octanol–water partition coefficient (Wildman–Crippen LogP) is 13.5. The molecule has 0 saturated heterocycles. The summed E-state index contributed by atoms with van der Waals surface area (Å²) in [5.74, 6) is 0.658. The predicted molar refractivity (Wildman–Crippen MR) is 234 cm³/mol. The minimum atomic E-state index is 0.658. The molecule has 0 saturated carbocycles. The van der Waals surface area contributed by atoms with Crippen LogP contribution in [0.2, 0.25) is 0 Å². The highest BCUT2D eigenvalue weighted by Crippen LogP contribution is 2.46. The third-order valence-corrected chi connectivity index (χ3v) is 11.5. The number of aromatic nitrogens is 4. The van der Waals surface area contributed by atoms with E-state index in [1.54, 1.807) is 0 Å². The Labute approximate surface area is 322 Å². The third-order valence-electron chi connectivity index (χ3n) is 11.5. The van der Waals surface area contributed by atoms with E-state index in [0.717, 1.165) is 49.7 Å². The van der Waals surface area contributed by atoms with Crippen molar-refractivity contribution in [2.45, 2.75) is 0 Å². The second-order valence-corrected chi connectivity index (χ2v) is 14.5. The molecule has 0 radical (unpaired) electrons. The Kier molecular flexibility index (Phi) is 6.60. The third kappa shape index (κ3) is 4.41. The SMILES string of the molecule is c1ccc(-c2nc(-n3c4ccccc4c4cc(-c5cc6c(c7ccccc57)c5ccccc5n6-c5ccccc5)c5ccccc5c43)nc3ccccc23)cc1. The molecule has 0 fully saturated rings. The van der Waals surface area contributed by atoms with Crippen LogP contribution in [0, 0.1) is 0 Å². The summed E-state index contributed by atoms with van der Waals surface area (Å²) in [6.07, 6.45) is 0. The maximum absolute atomic E-state index is 5.38. The minimum absolute atomic E-state index is 0.658. The van der Waals surface area contributed by atoms with Crippen molar-refractivity contribution in [2.75, 3.05) is 0 Å². The van der Waals surface area contributed by atoms with E-state index < -0.39 is 0 Å². The van der Waals surface area contributed by atoms with Crippen molar-refractivity contribution in [2.24, 2.45) is 0 Å². The second kappa shape index (κ2) is 12.0. The first kappa shape index (κ1) is 30.9. The van der Waals surface area contributed by atoms with Crippen molar-refractivity contribution >= 4 is 76.1 Å². The van der Waals surface area contributed by atoms with Gasteiger partial charge in [-0.15, -0.1) is 0 Å². The number of benzene rings is 9. The van der Waals surface area contributed by atoms with Crippen LogP contribution in [0.15, 0.2) is 194 Å². The van der Waals surface area contributed by atoms with Gasteiger partial charge in [-0.2, -0.15) is 0 Å². The summed E-state index contributed by atoms with van der Waals surface area (Å²) in [4.78, 5) is 10.7. The molecular weight excluding hydrogens is 681 g/mol. The molecule has 0 unspecified atom stereocenters. The van der Waals surface area contributed by atoms with E-state index in [4.69, 9.17) is 9.97 Å². The summed E-state index contributed by atoms with van der Waals surface area (Å²) in [5.41, 5.74) is 11.0. The summed E-state index contributed by atoms with van der Waals surface area (Å²) in [5, 5.41) is 10.7. The van der Waals surface area contributed by atoms with E-state index in [-0.39, 0.29) is 0 Å². The van der Waals surface area contributed by atoms with Crippen LogP contribution in [-0.4, -0.2) is 19.1 Å². The molecule has 4 heteroatoms. The largest absolute Gasteiger partial charge is 0.309 e. The molecule has 12 rings (SSSR count). The van der Waals surface area contributed by atoms with E-state index in [2.05, 4.69) is 197 Å². The molecule has 0 bridgehead atoms. The zero-order valence-electron chi connectivity index (χ0n) is 30.3. The Balaban J connectivity index is 1.22. The van der Waals surface area contributed by atoms with Gasteiger partial charge in [-0.05, 0) is 69.8 Å². The Morgan fingerprint density at radius 2 is 0.875 bits per heavy atom. The topological polar surface area (TPSA) is 35.6 Å². The van der Waals surface area contributed by atoms with Gasteiger partial charge in [-0.25, -0.2) is 9.97 Å². The summed E-state index contributed by atoms with van der Waals surface area (Å²) in [6.45, 7) is 0. The number of hydrogen-bond acceptors (Lipinski definition) is 2. The number of rotatable bonds is 4. The molecule has 0 atom stereocenters. The van der Waals surface area contributed by atoms with Gasteiger partial charge in [-0.1, -0.05) is 152 Å². The van der Waals surface area contributed by atoms with Gasteiger partial charge in [0, 0.05) is 43.6 Å². The maximum Gasteiger partial charge on any atom is 0.235 e. The van der Waals surface area contributed by atoms with Crippen molar-refractivity contribution in [3.63, 3.8) is 0 Å². The van der Waals surface area contributed by atoms with Gasteiger partial charge in [0.05, 0.1) is 33.3 Å². The summed E-state index contributed by atoms with van der Waals surface area (Å²) < 4.78 is 4.71. The number of fused-ring (bicyclic) bond motifs is 11. The molecule has 12 aromatic rings. The van der Waals surface area contributed by atoms with Crippen LogP contribution in [0.5, 0.6) is 0 Å². The maximum atomic E-state index is 5.38. The smallest absolute Gasteiger partial charge is 0.235 e. The molecule has 9 aromatic carbocycles. The molecule has 3 heterocycles. The first-order chi connectivity index (χ1) is 27.8. The fourth-order valence-electron chi connectivity index (χ4n) is 9.14. The Hall–Kier alpha value is -7.56. The average Bonchev–Trinajstić information content (AvgIpc) is 3.79. The minimum Gasteiger partial charge on any atom is -0.309 e. The van der Waals surface area contributed by atoms with Gasteiger partial charge >= 0.3 is 0 Å². The van der Waals surface area contributed by atoms with Gasteiger partial charge in [0.25, 0.3) is 0 Å². The van der Waals surface area contributed by atoms with Crippen molar-refractivity contribution < 1.29 is 0 Å². The van der Waals surface area contributed by atoms with Crippen LogP contribution in [0.3, 0.4) is 0 Å². The van der Waals surface area contributed by atoms with Gasteiger partial charge in [0.2, 0.25) is 5.95 Å². The number of para-hydroxylation sites is 4. The van der Waals surface area contributed by atoms with Crippen LogP contribution in [0.25, 0.3) is 110 Å². The average molecular weight is 713 g/mol. The highest BCUT2D eigenvalue weighted by Gasteiger charge is 2.23. The Bertz CT molecular complexity index is 3520. The van der Waals surface area contributed by atoms with Crippen LogP contribution in [0.4, 0.5) is 0 Å². The molecule has 0 N–H and O–H groups in total. The van der Waals surface area contributed by atoms with Gasteiger partial charge in [-0.3, -0.25) is 4.57 Å². The molecule has 0 amide bonds. The zero-order valence-corrected chi connectivity index (χ0v) is 30.3. The lowest BCUT2D eigenvalue weighted by Gasteiger charge is -2.16. The van der Waals surface area contributed by atoms with E-state index >= 15 is 0 Å². The molecule has 260 valence electrons. The molecule has 0 spiro atoms. The van der Waals surface area contributed by atoms with Gasteiger partial charge in [0.15, 0.2) is 0 Å². The first-order valence-corrected chi connectivity index (χ1v) is 19.1. The van der Waals surface area contributed by atoms with E-state index in [1.807, 2.05) is 6.07 Å². The quantitative estimate of drug-likeness (QED) is 0.182. The molecule has 0 aliphatic heterocycles. The van der Waals surface area contributed by atoms with Crippen molar-refractivity contribution in [3.8, 4) is 34.0 Å². The van der Waals surface area contributed by atoms with Crippen LogP contribution < -0.4 is 0 Å². The molecular formula is C52H32N4. The summed E-state index contributed by atoms with van der Waals surface area (Å²) in [7, 11) is 0. The van der Waals surface area contributed by atoms with E-state index in [1.165, 1.54) is 54.5 Å². The normalized spacial score (nSPS) is 11.9. The lowest BCUT2D eigenvalue weighted by Crippen LogP contribution is -2.03. The number of hydrogen-bond donors (Lipinski definition) is 0. The Morgan fingerprint density at radius 3 is 1.62 bits per heavy atom. The van der Waals surface area contributed by atoms with Crippen molar-refractivity contribution in [1.29, 1.82) is 0 Å². The molecule has 0 aliphatic carbocycles. The number of nitrogens with zero attached hydrogens (tertiary/aromatic N) is 4. The highest BCUT2D eigenvalue weighted by molar-refractivity contribution is 6.27. The Morgan fingerprint density at radius 1 is 0.339 bits per heavy atom. The summed E-state index contributed by atoms with van der Waals surface area (Å²) in [6, 6.07) is 69.6. The van der Waals surface area contributed by atoms with Crippen molar-refractivity contribution in [1.82, 2.24) is 19.1 Å². The zero-order chi connectivity index (χ0) is 36.7. The van der Waals surface area contributed by atoms with Gasteiger partial charge in [0.1, 0.15) is 0 Å². The molecule has 0 aliphatic rings. The lowest BCUT2D eigenvalue weighted by atomic mass is 9.90. The van der Waals surface area contributed by atoms with Gasteiger partial charge < -0.3 is 4.57 Å². The first-order valence-electron chi connectivity index (χ1n) is 19.1. The summed E-state index contributed by atoms with van der Waals surface area (Å²) >= 11 is 0. The monoisotopic (exact) mass is 712 g/mol. The fourth-order valence-corrected chi connectivity index (χ4v) is 9.14. The lowest BCUT2D eigenvalue weighted by molar-refractivity contribution is 1.02. The molecule has 3 aromatic heterocycles. The highest BCUT2D eigenvalue weighted by atomic mass is 15.2. The molecule has 4 nitrogen and oxygen atoms in total. The molecule has 56 heavy (non-hydrogen) atoms. The second-order valence-electron chi connectivity index (χ2n) is 14.5. The van der Waals surface area contributed by atoms with E-state index in [9.17, 15) is 0 Å². The van der Waals surface area contributed by atoms with Crippen LogP contribution in [-0.2, 0) is 0 Å². The van der Waals surface area contributed by atoms with E-state index in [0.29, 0.717) is 5.95 Å². The van der Waals surface area contributed by atoms with Crippen LogP contribution in [0.1, 0.15) is 0 Å².